The maximum atomic E-state index is 4.66. The molecule has 1 heterocycles. The summed E-state index contributed by atoms with van der Waals surface area (Å²) < 4.78 is 2.03. The fraction of sp³-hybridized carbons (Fsp3) is 0.632. The minimum absolute atomic E-state index is 0.210. The van der Waals surface area contributed by atoms with Crippen LogP contribution < -0.4 is 5.32 Å². The number of benzene rings is 1. The van der Waals surface area contributed by atoms with Crippen molar-refractivity contribution in [2.45, 2.75) is 52.4 Å². The molecule has 1 aromatic carbocycles. The molecule has 3 heteroatoms. The molecule has 1 unspecified atom stereocenters. The Labute approximate surface area is 135 Å². The SMILES string of the molecule is CCc1nn(C)c2cc(C(C)(CCCNC)C(C)C)ccc12. The summed E-state index contributed by atoms with van der Waals surface area (Å²) in [6.07, 6.45) is 3.39. The number of nitrogens with zero attached hydrogens (tertiary/aromatic N) is 2. The highest BCUT2D eigenvalue weighted by atomic mass is 15.3. The third-order valence-electron chi connectivity index (χ3n) is 5.32. The molecule has 2 aromatic rings. The second-order valence-corrected chi connectivity index (χ2v) is 6.94. The Bertz CT molecular complexity index is 627. The summed E-state index contributed by atoms with van der Waals surface area (Å²) in [6.45, 7) is 10.3. The lowest BCUT2D eigenvalue weighted by atomic mass is 9.70. The van der Waals surface area contributed by atoms with Crippen LogP contribution in [0.2, 0.25) is 0 Å². The van der Waals surface area contributed by atoms with E-state index in [1.165, 1.54) is 35.0 Å². The Kier molecular flexibility index (Phi) is 5.28. The minimum Gasteiger partial charge on any atom is -0.320 e. The lowest BCUT2D eigenvalue weighted by Gasteiger charge is -2.35. The maximum absolute atomic E-state index is 4.66. The first-order chi connectivity index (χ1) is 10.4. The first-order valence-corrected chi connectivity index (χ1v) is 8.54. The summed E-state index contributed by atoms with van der Waals surface area (Å²) in [7, 11) is 4.08. The van der Waals surface area contributed by atoms with Crippen LogP contribution in [0.25, 0.3) is 10.9 Å². The molecular formula is C19H31N3. The van der Waals surface area contributed by atoms with E-state index in [0.29, 0.717) is 5.92 Å². The van der Waals surface area contributed by atoms with Gasteiger partial charge in [-0.2, -0.15) is 5.10 Å². The second-order valence-electron chi connectivity index (χ2n) is 6.94. The summed E-state index contributed by atoms with van der Waals surface area (Å²) in [5, 5.41) is 9.23. The highest BCUT2D eigenvalue weighted by Crippen LogP contribution is 2.38. The fourth-order valence-electron chi connectivity index (χ4n) is 3.35. The molecular weight excluding hydrogens is 270 g/mol. The zero-order valence-electron chi connectivity index (χ0n) is 15.0. The van der Waals surface area contributed by atoms with E-state index in [1.54, 1.807) is 0 Å². The molecule has 22 heavy (non-hydrogen) atoms. The largest absolute Gasteiger partial charge is 0.320 e. The van der Waals surface area contributed by atoms with Crippen LogP contribution in [-0.2, 0) is 18.9 Å². The molecule has 0 aliphatic carbocycles. The normalized spacial score (nSPS) is 14.7. The number of rotatable bonds is 7. The molecule has 0 radical (unpaired) electrons. The molecule has 0 amide bonds. The number of aromatic nitrogens is 2. The first-order valence-electron chi connectivity index (χ1n) is 8.54. The van der Waals surface area contributed by atoms with Crippen LogP contribution in [0.3, 0.4) is 0 Å². The van der Waals surface area contributed by atoms with E-state index in [0.717, 1.165) is 13.0 Å². The Morgan fingerprint density at radius 2 is 2.05 bits per heavy atom. The third kappa shape index (κ3) is 3.05. The average molecular weight is 301 g/mol. The number of hydrogen-bond acceptors (Lipinski definition) is 2. The Morgan fingerprint density at radius 3 is 2.64 bits per heavy atom. The number of hydrogen-bond donors (Lipinski definition) is 1. The summed E-state index contributed by atoms with van der Waals surface area (Å²) in [4.78, 5) is 0. The van der Waals surface area contributed by atoms with Crippen molar-refractivity contribution in [3.63, 3.8) is 0 Å². The highest BCUT2D eigenvalue weighted by molar-refractivity contribution is 5.83. The van der Waals surface area contributed by atoms with E-state index in [9.17, 15) is 0 Å². The smallest absolute Gasteiger partial charge is 0.0700 e. The topological polar surface area (TPSA) is 29.9 Å². The van der Waals surface area contributed by atoms with E-state index in [4.69, 9.17) is 0 Å². The van der Waals surface area contributed by atoms with E-state index >= 15 is 0 Å². The van der Waals surface area contributed by atoms with Gasteiger partial charge in [0.15, 0.2) is 0 Å². The van der Waals surface area contributed by atoms with Gasteiger partial charge in [-0.15, -0.1) is 0 Å². The number of nitrogens with one attached hydrogen (secondary N) is 1. The van der Waals surface area contributed by atoms with Gasteiger partial charge in [0.05, 0.1) is 11.2 Å². The number of aryl methyl sites for hydroxylation is 2. The number of fused-ring (bicyclic) bond motifs is 1. The van der Waals surface area contributed by atoms with Gasteiger partial charge in [0.25, 0.3) is 0 Å². The monoisotopic (exact) mass is 301 g/mol. The van der Waals surface area contributed by atoms with E-state index in [1.807, 2.05) is 11.7 Å². The minimum atomic E-state index is 0.210. The molecule has 0 fully saturated rings. The first kappa shape index (κ1) is 17.0. The standard InChI is InChI=1S/C19H31N3/c1-7-17-16-10-9-15(13-18(16)22(6)21-17)19(4,14(2)3)11-8-12-20-5/h9-10,13-14,20H,7-8,11-12H2,1-6H3. The lowest BCUT2D eigenvalue weighted by Crippen LogP contribution is -2.29. The molecule has 1 atom stereocenters. The average Bonchev–Trinajstić information content (AvgIpc) is 2.83. The Hall–Kier alpha value is -1.35. The van der Waals surface area contributed by atoms with Crippen LogP contribution >= 0.6 is 0 Å². The van der Waals surface area contributed by atoms with Gasteiger partial charge in [-0.3, -0.25) is 4.68 Å². The van der Waals surface area contributed by atoms with Crippen molar-refractivity contribution in [2.24, 2.45) is 13.0 Å². The summed E-state index contributed by atoms with van der Waals surface area (Å²) in [6, 6.07) is 6.96. The molecule has 2 rings (SSSR count). The van der Waals surface area contributed by atoms with Crippen molar-refractivity contribution in [3.8, 4) is 0 Å². The van der Waals surface area contributed by atoms with Crippen molar-refractivity contribution < 1.29 is 0 Å². The van der Waals surface area contributed by atoms with Gasteiger partial charge in [-0.1, -0.05) is 39.8 Å². The molecule has 0 bridgehead atoms. The van der Waals surface area contributed by atoms with Gasteiger partial charge in [0.1, 0.15) is 0 Å². The quantitative estimate of drug-likeness (QED) is 0.782. The van der Waals surface area contributed by atoms with Gasteiger partial charge >= 0.3 is 0 Å². The Morgan fingerprint density at radius 1 is 1.32 bits per heavy atom. The predicted molar refractivity (Wildman–Crippen MR) is 95.4 cm³/mol. The van der Waals surface area contributed by atoms with Crippen LogP contribution in [0.4, 0.5) is 0 Å². The highest BCUT2D eigenvalue weighted by Gasteiger charge is 2.30. The van der Waals surface area contributed by atoms with Crippen molar-refractivity contribution in [1.82, 2.24) is 15.1 Å². The molecule has 1 N–H and O–H groups in total. The summed E-state index contributed by atoms with van der Waals surface area (Å²) in [5.41, 5.74) is 4.11. The zero-order valence-corrected chi connectivity index (χ0v) is 15.0. The van der Waals surface area contributed by atoms with Gasteiger partial charge in [-0.05, 0) is 55.8 Å². The van der Waals surface area contributed by atoms with E-state index < -0.39 is 0 Å². The van der Waals surface area contributed by atoms with Crippen LogP contribution in [-0.4, -0.2) is 23.4 Å². The van der Waals surface area contributed by atoms with Crippen molar-refractivity contribution in [1.29, 1.82) is 0 Å². The van der Waals surface area contributed by atoms with Gasteiger partial charge in [0.2, 0.25) is 0 Å². The summed E-state index contributed by atoms with van der Waals surface area (Å²) in [5.74, 6) is 0.612. The third-order valence-corrected chi connectivity index (χ3v) is 5.32. The van der Waals surface area contributed by atoms with Crippen LogP contribution in [0.1, 0.15) is 51.8 Å². The molecule has 0 aliphatic rings. The van der Waals surface area contributed by atoms with Crippen LogP contribution in [0.15, 0.2) is 18.2 Å². The fourth-order valence-corrected chi connectivity index (χ4v) is 3.35. The Balaban J connectivity index is 2.44. The lowest BCUT2D eigenvalue weighted by molar-refractivity contribution is 0.306. The van der Waals surface area contributed by atoms with E-state index in [-0.39, 0.29) is 5.41 Å². The zero-order chi connectivity index (χ0) is 16.3. The predicted octanol–water partition coefficient (Wildman–Crippen LogP) is 4.05. The van der Waals surface area contributed by atoms with Crippen LogP contribution in [0.5, 0.6) is 0 Å². The van der Waals surface area contributed by atoms with Crippen molar-refractivity contribution >= 4 is 10.9 Å². The van der Waals surface area contributed by atoms with Gasteiger partial charge < -0.3 is 5.32 Å². The molecule has 0 spiro atoms. The molecule has 3 nitrogen and oxygen atoms in total. The second kappa shape index (κ2) is 6.82. The molecule has 1 aromatic heterocycles. The van der Waals surface area contributed by atoms with Gasteiger partial charge in [0, 0.05) is 12.4 Å². The van der Waals surface area contributed by atoms with Crippen LogP contribution in [0, 0.1) is 5.92 Å². The van der Waals surface area contributed by atoms with E-state index in [2.05, 4.69) is 63.4 Å². The molecule has 0 aliphatic heterocycles. The van der Waals surface area contributed by atoms with Gasteiger partial charge in [-0.25, -0.2) is 0 Å². The van der Waals surface area contributed by atoms with Crippen molar-refractivity contribution in [2.75, 3.05) is 13.6 Å². The molecule has 0 saturated carbocycles. The summed E-state index contributed by atoms with van der Waals surface area (Å²) >= 11 is 0. The maximum Gasteiger partial charge on any atom is 0.0700 e. The molecule has 122 valence electrons. The van der Waals surface area contributed by atoms with Crippen molar-refractivity contribution in [3.05, 3.63) is 29.5 Å². The molecule has 0 saturated heterocycles.